The highest BCUT2D eigenvalue weighted by Gasteiger charge is 2.19. The molecule has 0 aliphatic rings. The minimum atomic E-state index is -0.782. The number of hydrogen-bond donors (Lipinski definition) is 0. The summed E-state index contributed by atoms with van der Waals surface area (Å²) in [7, 11) is 0. The number of hydrogen-bond acceptors (Lipinski definition) is 6. The lowest BCUT2D eigenvalue weighted by Gasteiger charge is -2.18. The standard InChI is InChI=1S/C60H104O6/c1-4-7-10-13-16-19-22-24-26-27-28-29-30-31-32-33-34-36-38-41-44-47-50-53-59(62)65-56-57(55-64-58(61)52-49-46-43-40-37-21-18-15-12-9-6-3)66-60(63)54-51-48-45-42-39-35-25-23-20-17-14-11-8-5-2/h7,10,16,19,23-26,28-29,31-32,57H,4-6,8-9,11-15,17-18,20-22,27,30,33-56H2,1-3H3/b10-7-,19-16-,25-23-,26-24-,29-28-,32-31-. The Morgan fingerprint density at radius 1 is 0.318 bits per heavy atom. The van der Waals surface area contributed by atoms with Gasteiger partial charge in [0, 0.05) is 19.3 Å². The van der Waals surface area contributed by atoms with E-state index < -0.39 is 6.10 Å². The van der Waals surface area contributed by atoms with E-state index in [1.54, 1.807) is 0 Å². The minimum absolute atomic E-state index is 0.0801. The zero-order valence-electron chi connectivity index (χ0n) is 43.4. The van der Waals surface area contributed by atoms with Crippen molar-refractivity contribution >= 4 is 17.9 Å². The minimum Gasteiger partial charge on any atom is -0.462 e. The summed E-state index contributed by atoms with van der Waals surface area (Å²) in [6.07, 6.45) is 68.9. The second-order valence-corrected chi connectivity index (χ2v) is 18.5. The van der Waals surface area contributed by atoms with Crippen LogP contribution in [0.3, 0.4) is 0 Å². The predicted molar refractivity (Wildman–Crippen MR) is 284 cm³/mol. The van der Waals surface area contributed by atoms with Gasteiger partial charge >= 0.3 is 17.9 Å². The lowest BCUT2D eigenvalue weighted by Crippen LogP contribution is -2.30. The molecule has 0 radical (unpaired) electrons. The maximum Gasteiger partial charge on any atom is 0.306 e. The lowest BCUT2D eigenvalue weighted by atomic mass is 10.1. The van der Waals surface area contributed by atoms with Crippen LogP contribution in [0.2, 0.25) is 0 Å². The summed E-state index contributed by atoms with van der Waals surface area (Å²) in [5.74, 6) is -0.895. The Hall–Kier alpha value is -3.15. The molecule has 380 valence electrons. The highest BCUT2D eigenvalue weighted by Crippen LogP contribution is 2.15. The van der Waals surface area contributed by atoms with Crippen LogP contribution in [-0.2, 0) is 28.6 Å². The van der Waals surface area contributed by atoms with E-state index in [1.165, 1.54) is 122 Å². The van der Waals surface area contributed by atoms with Crippen molar-refractivity contribution < 1.29 is 28.6 Å². The van der Waals surface area contributed by atoms with E-state index in [1.807, 2.05) is 0 Å². The van der Waals surface area contributed by atoms with E-state index in [4.69, 9.17) is 14.2 Å². The lowest BCUT2D eigenvalue weighted by molar-refractivity contribution is -0.167. The second-order valence-electron chi connectivity index (χ2n) is 18.5. The zero-order valence-corrected chi connectivity index (χ0v) is 43.4. The van der Waals surface area contributed by atoms with Gasteiger partial charge in [-0.1, -0.05) is 235 Å². The number of allylic oxidation sites excluding steroid dienone is 12. The molecule has 66 heavy (non-hydrogen) atoms. The van der Waals surface area contributed by atoms with Crippen LogP contribution in [0.5, 0.6) is 0 Å². The van der Waals surface area contributed by atoms with E-state index in [0.29, 0.717) is 19.3 Å². The van der Waals surface area contributed by atoms with Gasteiger partial charge in [0.2, 0.25) is 0 Å². The molecular formula is C60H104O6. The first kappa shape index (κ1) is 62.8. The van der Waals surface area contributed by atoms with Gasteiger partial charge in [0.05, 0.1) is 0 Å². The molecule has 0 spiro atoms. The first-order valence-corrected chi connectivity index (χ1v) is 27.9. The van der Waals surface area contributed by atoms with Crippen molar-refractivity contribution in [3.05, 3.63) is 72.9 Å². The van der Waals surface area contributed by atoms with Crippen molar-refractivity contribution in [3.8, 4) is 0 Å². The molecule has 0 heterocycles. The molecule has 6 nitrogen and oxygen atoms in total. The van der Waals surface area contributed by atoms with E-state index in [9.17, 15) is 14.4 Å². The Labute approximate surface area is 408 Å². The Bertz CT molecular complexity index is 1240. The third-order valence-corrected chi connectivity index (χ3v) is 11.9. The molecule has 0 saturated heterocycles. The number of unbranched alkanes of at least 4 members (excludes halogenated alkanes) is 27. The fourth-order valence-electron chi connectivity index (χ4n) is 7.76. The molecule has 0 aromatic carbocycles. The van der Waals surface area contributed by atoms with Gasteiger partial charge in [-0.15, -0.1) is 0 Å². The molecule has 0 fully saturated rings. The summed E-state index contributed by atoms with van der Waals surface area (Å²) in [4.78, 5) is 38.0. The second kappa shape index (κ2) is 54.5. The quantitative estimate of drug-likeness (QED) is 0.0262. The largest absolute Gasteiger partial charge is 0.462 e. The molecule has 0 aromatic rings. The first-order valence-electron chi connectivity index (χ1n) is 27.9. The molecule has 0 aromatic heterocycles. The van der Waals surface area contributed by atoms with Crippen LogP contribution in [0.4, 0.5) is 0 Å². The fourth-order valence-corrected chi connectivity index (χ4v) is 7.76. The topological polar surface area (TPSA) is 78.9 Å². The summed E-state index contributed by atoms with van der Waals surface area (Å²) in [6.45, 7) is 6.50. The normalized spacial score (nSPS) is 12.6. The smallest absolute Gasteiger partial charge is 0.306 e. The van der Waals surface area contributed by atoms with Gasteiger partial charge in [-0.25, -0.2) is 0 Å². The van der Waals surface area contributed by atoms with Crippen LogP contribution >= 0.6 is 0 Å². The van der Waals surface area contributed by atoms with Crippen molar-refractivity contribution in [2.45, 2.75) is 277 Å². The molecule has 0 aliphatic heterocycles. The molecule has 0 N–H and O–H groups in total. The SMILES string of the molecule is CC/C=C\C/C=C\C/C=C\C/C=C\C/C=C\CCCCCCCCCC(=O)OCC(COC(=O)CCCCCCCCCCCCC)OC(=O)CCCCCCC/C=C\CCCCCCC. The Morgan fingerprint density at radius 2 is 0.591 bits per heavy atom. The van der Waals surface area contributed by atoms with Crippen LogP contribution in [0.1, 0.15) is 271 Å². The summed E-state index contributed by atoms with van der Waals surface area (Å²) < 4.78 is 16.8. The molecule has 0 rings (SSSR count). The summed E-state index contributed by atoms with van der Waals surface area (Å²) in [5.41, 5.74) is 0. The van der Waals surface area contributed by atoms with Gasteiger partial charge < -0.3 is 14.2 Å². The van der Waals surface area contributed by atoms with Crippen LogP contribution in [-0.4, -0.2) is 37.2 Å². The third kappa shape index (κ3) is 51.8. The van der Waals surface area contributed by atoms with Crippen LogP contribution < -0.4 is 0 Å². The Morgan fingerprint density at radius 3 is 0.939 bits per heavy atom. The van der Waals surface area contributed by atoms with E-state index in [0.717, 1.165) is 109 Å². The maximum absolute atomic E-state index is 12.8. The number of carbonyl (C=O) groups excluding carboxylic acids is 3. The van der Waals surface area contributed by atoms with Crippen LogP contribution in [0.25, 0.3) is 0 Å². The number of ether oxygens (including phenoxy) is 3. The first-order chi connectivity index (χ1) is 32.5. The average molecular weight is 921 g/mol. The Kier molecular flexibility index (Phi) is 51.9. The molecular weight excluding hydrogens is 817 g/mol. The van der Waals surface area contributed by atoms with Gasteiger partial charge in [0.15, 0.2) is 6.10 Å². The molecule has 0 bridgehead atoms. The fraction of sp³-hybridized carbons (Fsp3) is 0.750. The number of carbonyl (C=O) groups is 3. The van der Waals surface area contributed by atoms with Crippen LogP contribution in [0.15, 0.2) is 72.9 Å². The van der Waals surface area contributed by atoms with E-state index >= 15 is 0 Å². The molecule has 6 heteroatoms. The van der Waals surface area contributed by atoms with E-state index in [-0.39, 0.29) is 31.1 Å². The van der Waals surface area contributed by atoms with E-state index in [2.05, 4.69) is 93.7 Å². The number of rotatable bonds is 50. The van der Waals surface area contributed by atoms with Gasteiger partial charge in [-0.05, 0) is 89.9 Å². The average Bonchev–Trinajstić information content (AvgIpc) is 3.31. The van der Waals surface area contributed by atoms with Gasteiger partial charge in [-0.3, -0.25) is 14.4 Å². The van der Waals surface area contributed by atoms with Gasteiger partial charge in [-0.2, -0.15) is 0 Å². The van der Waals surface area contributed by atoms with Crippen molar-refractivity contribution in [2.75, 3.05) is 13.2 Å². The zero-order chi connectivity index (χ0) is 47.9. The molecule has 1 atom stereocenters. The predicted octanol–water partition coefficient (Wildman–Crippen LogP) is 18.6. The van der Waals surface area contributed by atoms with Crippen molar-refractivity contribution in [1.82, 2.24) is 0 Å². The van der Waals surface area contributed by atoms with Crippen molar-refractivity contribution in [1.29, 1.82) is 0 Å². The van der Waals surface area contributed by atoms with Gasteiger partial charge in [0.1, 0.15) is 13.2 Å². The molecule has 0 saturated carbocycles. The monoisotopic (exact) mass is 921 g/mol. The molecule has 0 amide bonds. The molecule has 1 unspecified atom stereocenters. The summed E-state index contributed by atoms with van der Waals surface area (Å²) in [6, 6.07) is 0. The summed E-state index contributed by atoms with van der Waals surface area (Å²) >= 11 is 0. The van der Waals surface area contributed by atoms with Crippen molar-refractivity contribution in [3.63, 3.8) is 0 Å². The summed E-state index contributed by atoms with van der Waals surface area (Å²) in [5, 5.41) is 0. The third-order valence-electron chi connectivity index (χ3n) is 11.9. The highest BCUT2D eigenvalue weighted by molar-refractivity contribution is 5.71. The van der Waals surface area contributed by atoms with Crippen LogP contribution in [0, 0.1) is 0 Å². The Balaban J connectivity index is 4.33. The molecule has 0 aliphatic carbocycles. The number of esters is 3. The van der Waals surface area contributed by atoms with Gasteiger partial charge in [0.25, 0.3) is 0 Å². The maximum atomic E-state index is 12.8. The highest BCUT2D eigenvalue weighted by atomic mass is 16.6. The van der Waals surface area contributed by atoms with Crippen molar-refractivity contribution in [2.24, 2.45) is 0 Å².